The smallest absolute Gasteiger partial charge is 0.338 e. The van der Waals surface area contributed by atoms with E-state index in [0.717, 1.165) is 31.2 Å². The van der Waals surface area contributed by atoms with Crippen LogP contribution in [-0.2, 0) is 16.0 Å². The number of aromatic nitrogens is 3. The van der Waals surface area contributed by atoms with E-state index < -0.39 is 0 Å². The Bertz CT molecular complexity index is 642. The zero-order chi connectivity index (χ0) is 16.1. The van der Waals surface area contributed by atoms with Crippen molar-refractivity contribution in [2.75, 3.05) is 7.11 Å². The van der Waals surface area contributed by atoms with Gasteiger partial charge in [0.2, 0.25) is 0 Å². The van der Waals surface area contributed by atoms with Gasteiger partial charge in [0.05, 0.1) is 18.2 Å². The topological polar surface area (TPSA) is 66.2 Å². The second kappa shape index (κ2) is 7.37. The molecule has 0 spiro atoms. The Balaban J connectivity index is 1.69. The van der Waals surface area contributed by atoms with Gasteiger partial charge in [0, 0.05) is 13.5 Å². The fraction of sp³-hybridized carbons (Fsp3) is 0.471. The first kappa shape index (κ1) is 15.7. The summed E-state index contributed by atoms with van der Waals surface area (Å²) in [6.07, 6.45) is 6.96. The molecule has 1 saturated carbocycles. The average Bonchev–Trinajstić information content (AvgIpc) is 3.08. The Labute approximate surface area is 135 Å². The van der Waals surface area contributed by atoms with E-state index in [1.807, 2.05) is 18.2 Å². The molecule has 2 atom stereocenters. The maximum absolute atomic E-state index is 12.5. The first-order valence-electron chi connectivity index (χ1n) is 7.90. The van der Waals surface area contributed by atoms with Gasteiger partial charge in [-0.15, -0.1) is 0 Å². The summed E-state index contributed by atoms with van der Waals surface area (Å²) < 4.78 is 12.8. The molecule has 1 aromatic carbocycles. The van der Waals surface area contributed by atoms with Crippen LogP contribution in [0.1, 0.15) is 41.6 Å². The molecule has 3 rings (SSSR count). The minimum Gasteiger partial charge on any atom is -0.459 e. The van der Waals surface area contributed by atoms with Crippen molar-refractivity contribution in [1.29, 1.82) is 0 Å². The van der Waals surface area contributed by atoms with Crippen molar-refractivity contribution in [3.05, 3.63) is 48.0 Å². The zero-order valence-corrected chi connectivity index (χ0v) is 13.2. The number of hydrogen-bond acceptors (Lipinski definition) is 5. The highest BCUT2D eigenvalue weighted by Crippen LogP contribution is 2.24. The summed E-state index contributed by atoms with van der Waals surface area (Å²) in [4.78, 5) is 16.5. The molecule has 1 aliphatic carbocycles. The van der Waals surface area contributed by atoms with Crippen LogP contribution in [0.4, 0.5) is 0 Å². The first-order chi connectivity index (χ1) is 11.3. The highest BCUT2D eigenvalue weighted by Gasteiger charge is 2.25. The van der Waals surface area contributed by atoms with Crippen LogP contribution < -0.4 is 0 Å². The van der Waals surface area contributed by atoms with Crippen LogP contribution in [0.15, 0.2) is 36.9 Å². The average molecular weight is 315 g/mol. The van der Waals surface area contributed by atoms with Crippen LogP contribution in [0, 0.1) is 0 Å². The number of carbonyl (C=O) groups excluding carboxylic acids is 1. The Morgan fingerprint density at radius 3 is 2.91 bits per heavy atom. The van der Waals surface area contributed by atoms with Crippen molar-refractivity contribution in [2.45, 2.75) is 44.4 Å². The first-order valence-corrected chi connectivity index (χ1v) is 7.90. The van der Waals surface area contributed by atoms with Crippen molar-refractivity contribution in [1.82, 2.24) is 14.8 Å². The molecule has 0 bridgehead atoms. The molecule has 1 heterocycles. The van der Waals surface area contributed by atoms with Crippen molar-refractivity contribution >= 4 is 5.97 Å². The number of carbonyl (C=O) groups is 1. The summed E-state index contributed by atoms with van der Waals surface area (Å²) in [5.41, 5.74) is 1.46. The largest absolute Gasteiger partial charge is 0.459 e. The molecule has 0 amide bonds. The van der Waals surface area contributed by atoms with Crippen LogP contribution in [0.5, 0.6) is 0 Å². The van der Waals surface area contributed by atoms with Gasteiger partial charge in [-0.3, -0.25) is 0 Å². The van der Waals surface area contributed by atoms with Gasteiger partial charge in [0.25, 0.3) is 0 Å². The van der Waals surface area contributed by atoms with Crippen LogP contribution in [0.3, 0.4) is 0 Å². The van der Waals surface area contributed by atoms with E-state index >= 15 is 0 Å². The molecule has 1 aliphatic rings. The van der Waals surface area contributed by atoms with Crippen LogP contribution >= 0.6 is 0 Å². The van der Waals surface area contributed by atoms with Gasteiger partial charge in [-0.05, 0) is 30.9 Å². The predicted octanol–water partition coefficient (Wildman–Crippen LogP) is 2.44. The van der Waals surface area contributed by atoms with Crippen molar-refractivity contribution in [2.24, 2.45) is 0 Å². The molecule has 0 saturated heterocycles. The highest BCUT2D eigenvalue weighted by atomic mass is 16.5. The normalized spacial score (nSPS) is 21.1. The van der Waals surface area contributed by atoms with E-state index in [0.29, 0.717) is 12.1 Å². The Morgan fingerprint density at radius 2 is 2.13 bits per heavy atom. The molecule has 0 unspecified atom stereocenters. The molecule has 23 heavy (non-hydrogen) atoms. The summed E-state index contributed by atoms with van der Waals surface area (Å²) in [5.74, 6) is -0.275. The quantitative estimate of drug-likeness (QED) is 0.793. The molecule has 122 valence electrons. The number of ether oxygens (including phenoxy) is 2. The monoisotopic (exact) mass is 315 g/mol. The van der Waals surface area contributed by atoms with Crippen LogP contribution in [0.2, 0.25) is 0 Å². The lowest BCUT2D eigenvalue weighted by atomic mass is 9.95. The summed E-state index contributed by atoms with van der Waals surface area (Å²) in [6.45, 7) is 0.497. The number of rotatable bonds is 5. The van der Waals surface area contributed by atoms with E-state index in [1.54, 1.807) is 24.2 Å². The molecule has 0 aliphatic heterocycles. The number of methoxy groups -OCH3 is 1. The van der Waals surface area contributed by atoms with Gasteiger partial charge in [0.15, 0.2) is 0 Å². The van der Waals surface area contributed by atoms with Gasteiger partial charge in [-0.25, -0.2) is 14.5 Å². The SMILES string of the molecule is CO[C@@H]1CCC[C@@H](OC(=O)c2ccccc2Cn2cncn2)C1. The van der Waals surface area contributed by atoms with Gasteiger partial charge in [0.1, 0.15) is 18.8 Å². The molecule has 6 heteroatoms. The standard InChI is InChI=1S/C17H21N3O3/c1-22-14-6-4-7-15(9-14)23-17(21)16-8-3-2-5-13(16)10-20-12-18-11-19-20/h2-3,5,8,11-12,14-15H,4,6-7,9-10H2,1H3/t14-,15-/m1/s1. The third-order valence-corrected chi connectivity index (χ3v) is 4.22. The predicted molar refractivity (Wildman–Crippen MR) is 84.0 cm³/mol. The molecule has 6 nitrogen and oxygen atoms in total. The van der Waals surface area contributed by atoms with Gasteiger partial charge in [-0.2, -0.15) is 5.10 Å². The second-order valence-corrected chi connectivity index (χ2v) is 5.80. The number of esters is 1. The lowest BCUT2D eigenvalue weighted by Crippen LogP contribution is -2.29. The maximum atomic E-state index is 12.5. The number of hydrogen-bond donors (Lipinski definition) is 0. The fourth-order valence-corrected chi connectivity index (χ4v) is 2.98. The summed E-state index contributed by atoms with van der Waals surface area (Å²) in [7, 11) is 1.71. The molecule has 2 aromatic rings. The third-order valence-electron chi connectivity index (χ3n) is 4.22. The summed E-state index contributed by atoms with van der Waals surface area (Å²) in [6, 6.07) is 7.47. The minimum atomic E-state index is -0.275. The Kier molecular flexibility index (Phi) is 5.02. The van der Waals surface area contributed by atoms with Crippen molar-refractivity contribution < 1.29 is 14.3 Å². The van der Waals surface area contributed by atoms with E-state index in [9.17, 15) is 4.79 Å². The molecular formula is C17H21N3O3. The zero-order valence-electron chi connectivity index (χ0n) is 13.2. The van der Waals surface area contributed by atoms with E-state index in [4.69, 9.17) is 9.47 Å². The number of nitrogens with zero attached hydrogens (tertiary/aromatic N) is 3. The number of benzene rings is 1. The van der Waals surface area contributed by atoms with E-state index in [2.05, 4.69) is 10.1 Å². The maximum Gasteiger partial charge on any atom is 0.338 e. The summed E-state index contributed by atoms with van der Waals surface area (Å²) in [5, 5.41) is 4.09. The van der Waals surface area contributed by atoms with Crippen LogP contribution in [0.25, 0.3) is 0 Å². The third kappa shape index (κ3) is 3.96. The van der Waals surface area contributed by atoms with Crippen LogP contribution in [-0.4, -0.2) is 40.1 Å². The lowest BCUT2D eigenvalue weighted by Gasteiger charge is -2.28. The summed E-state index contributed by atoms with van der Waals surface area (Å²) >= 11 is 0. The molecular weight excluding hydrogens is 294 g/mol. The van der Waals surface area contributed by atoms with Gasteiger partial charge >= 0.3 is 5.97 Å². The van der Waals surface area contributed by atoms with E-state index in [1.165, 1.54) is 6.33 Å². The Morgan fingerprint density at radius 1 is 1.30 bits per heavy atom. The van der Waals surface area contributed by atoms with E-state index in [-0.39, 0.29) is 18.2 Å². The molecule has 1 fully saturated rings. The Hall–Kier alpha value is -2.21. The second-order valence-electron chi connectivity index (χ2n) is 5.80. The lowest BCUT2D eigenvalue weighted by molar-refractivity contribution is -0.0150. The van der Waals surface area contributed by atoms with Crippen molar-refractivity contribution in [3.63, 3.8) is 0 Å². The molecule has 1 aromatic heterocycles. The fourth-order valence-electron chi connectivity index (χ4n) is 2.98. The van der Waals surface area contributed by atoms with Gasteiger partial charge in [-0.1, -0.05) is 18.2 Å². The van der Waals surface area contributed by atoms with Crippen molar-refractivity contribution in [3.8, 4) is 0 Å². The molecule has 0 radical (unpaired) electrons. The van der Waals surface area contributed by atoms with Gasteiger partial charge < -0.3 is 9.47 Å². The molecule has 0 N–H and O–H groups in total. The minimum absolute atomic E-state index is 0.0689. The highest BCUT2D eigenvalue weighted by molar-refractivity contribution is 5.91.